The second-order valence-electron chi connectivity index (χ2n) is 4.99. The second-order valence-corrected chi connectivity index (χ2v) is 4.99. The van der Waals surface area contributed by atoms with Gasteiger partial charge in [0.2, 0.25) is 0 Å². The first kappa shape index (κ1) is 10.8. The monoisotopic (exact) mass is 228 g/mol. The highest BCUT2D eigenvalue weighted by Gasteiger charge is 2.19. The number of aromatic nitrogens is 1. The Kier molecular flexibility index (Phi) is 2.89. The van der Waals surface area contributed by atoms with Crippen LogP contribution < -0.4 is 5.32 Å². The molecule has 2 nitrogen and oxygen atoms in total. The number of hydrogen-bond donors (Lipinski definition) is 2. The van der Waals surface area contributed by atoms with Crippen LogP contribution in [0.3, 0.4) is 0 Å². The molecule has 1 saturated carbocycles. The summed E-state index contributed by atoms with van der Waals surface area (Å²) in [6, 6.07) is 7.43. The van der Waals surface area contributed by atoms with E-state index in [1.807, 2.05) is 0 Å². The summed E-state index contributed by atoms with van der Waals surface area (Å²) in [5.74, 6) is 0. The smallest absolute Gasteiger partial charge is 0.0489 e. The molecule has 0 amide bonds. The maximum Gasteiger partial charge on any atom is 0.0489 e. The second kappa shape index (κ2) is 4.53. The number of benzene rings is 1. The van der Waals surface area contributed by atoms with Crippen molar-refractivity contribution in [3.05, 3.63) is 35.5 Å². The summed E-state index contributed by atoms with van der Waals surface area (Å²) in [6.45, 7) is 3.32. The lowest BCUT2D eigenvalue weighted by Crippen LogP contribution is -2.19. The number of aryl methyl sites for hydroxylation is 1. The summed E-state index contributed by atoms with van der Waals surface area (Å²) in [5, 5.41) is 4.98. The first-order valence-corrected chi connectivity index (χ1v) is 6.69. The predicted molar refractivity (Wildman–Crippen MR) is 72.4 cm³/mol. The van der Waals surface area contributed by atoms with Crippen LogP contribution in [-0.4, -0.2) is 17.6 Å². The van der Waals surface area contributed by atoms with Gasteiger partial charge in [0.15, 0.2) is 0 Å². The molecule has 17 heavy (non-hydrogen) atoms. The number of hydrogen-bond acceptors (Lipinski definition) is 1. The Morgan fingerprint density at radius 1 is 1.29 bits per heavy atom. The van der Waals surface area contributed by atoms with Gasteiger partial charge in [-0.3, -0.25) is 0 Å². The number of nitrogens with one attached hydrogen (secondary N) is 2. The molecule has 1 fully saturated rings. The minimum Gasteiger partial charge on any atom is -0.361 e. The maximum absolute atomic E-state index is 3.57. The van der Waals surface area contributed by atoms with E-state index in [9.17, 15) is 0 Å². The average Bonchev–Trinajstić information content (AvgIpc) is 3.09. The zero-order valence-electron chi connectivity index (χ0n) is 10.4. The van der Waals surface area contributed by atoms with Gasteiger partial charge in [-0.1, -0.05) is 25.1 Å². The third-order valence-electron chi connectivity index (χ3n) is 3.67. The molecule has 0 unspecified atom stereocenters. The fourth-order valence-corrected chi connectivity index (χ4v) is 2.48. The molecule has 2 heteroatoms. The standard InChI is InChI=1S/C15H20N2/c1-2-11-4-3-5-14-12(10-17-15(11)14)8-9-16-13-6-7-13/h3-5,10,13,16-17H,2,6-9H2,1H3. The quantitative estimate of drug-likeness (QED) is 0.809. The molecule has 1 aromatic carbocycles. The van der Waals surface area contributed by atoms with Crippen molar-refractivity contribution in [3.63, 3.8) is 0 Å². The first-order chi connectivity index (χ1) is 8.38. The van der Waals surface area contributed by atoms with Crippen molar-refractivity contribution in [2.75, 3.05) is 6.54 Å². The number of fused-ring (bicyclic) bond motifs is 1. The Balaban J connectivity index is 1.79. The molecule has 0 spiro atoms. The molecule has 0 atom stereocenters. The fraction of sp³-hybridized carbons (Fsp3) is 0.467. The van der Waals surface area contributed by atoms with Gasteiger partial charge in [0.05, 0.1) is 0 Å². The van der Waals surface area contributed by atoms with Crippen LogP contribution >= 0.6 is 0 Å². The lowest BCUT2D eigenvalue weighted by atomic mass is 10.1. The molecule has 3 rings (SSSR count). The van der Waals surface area contributed by atoms with Crippen LogP contribution in [0.1, 0.15) is 30.9 Å². The van der Waals surface area contributed by atoms with Gasteiger partial charge in [0, 0.05) is 23.1 Å². The zero-order chi connectivity index (χ0) is 11.7. The molecular weight excluding hydrogens is 208 g/mol. The molecular formula is C15H20N2. The van der Waals surface area contributed by atoms with Crippen LogP contribution in [0, 0.1) is 0 Å². The lowest BCUT2D eigenvalue weighted by Gasteiger charge is -2.03. The van der Waals surface area contributed by atoms with E-state index in [-0.39, 0.29) is 0 Å². The normalized spacial score (nSPS) is 15.6. The highest BCUT2D eigenvalue weighted by molar-refractivity contribution is 5.86. The third kappa shape index (κ3) is 2.22. The number of rotatable bonds is 5. The SMILES string of the molecule is CCc1cccc2c(CCNC3CC3)c[nH]c12. The van der Waals surface area contributed by atoms with Gasteiger partial charge in [-0.25, -0.2) is 0 Å². The molecule has 1 heterocycles. The van der Waals surface area contributed by atoms with Crippen LogP contribution in [0.4, 0.5) is 0 Å². The Labute approximate surface area is 102 Å². The van der Waals surface area contributed by atoms with Gasteiger partial charge in [-0.05, 0) is 43.4 Å². The van der Waals surface area contributed by atoms with E-state index >= 15 is 0 Å². The molecule has 0 aliphatic heterocycles. The summed E-state index contributed by atoms with van der Waals surface area (Å²) in [5.41, 5.74) is 4.20. The van der Waals surface area contributed by atoms with E-state index in [2.05, 4.69) is 41.6 Å². The van der Waals surface area contributed by atoms with Gasteiger partial charge < -0.3 is 10.3 Å². The van der Waals surface area contributed by atoms with Crippen molar-refractivity contribution in [2.45, 2.75) is 38.6 Å². The van der Waals surface area contributed by atoms with Crippen molar-refractivity contribution in [2.24, 2.45) is 0 Å². The van der Waals surface area contributed by atoms with Crippen LogP contribution in [0.5, 0.6) is 0 Å². The van der Waals surface area contributed by atoms with Crippen molar-refractivity contribution >= 4 is 10.9 Å². The average molecular weight is 228 g/mol. The lowest BCUT2D eigenvalue weighted by molar-refractivity contribution is 0.683. The Bertz CT molecular complexity index is 509. The van der Waals surface area contributed by atoms with Crippen LogP contribution in [-0.2, 0) is 12.8 Å². The Hall–Kier alpha value is -1.28. The van der Waals surface area contributed by atoms with E-state index in [1.165, 1.54) is 34.9 Å². The highest BCUT2D eigenvalue weighted by atomic mass is 14.9. The number of aromatic amines is 1. The highest BCUT2D eigenvalue weighted by Crippen LogP contribution is 2.23. The van der Waals surface area contributed by atoms with Gasteiger partial charge in [0.25, 0.3) is 0 Å². The van der Waals surface area contributed by atoms with Crippen LogP contribution in [0.2, 0.25) is 0 Å². The topological polar surface area (TPSA) is 27.8 Å². The minimum atomic E-state index is 0.811. The fourth-order valence-electron chi connectivity index (χ4n) is 2.48. The summed E-state index contributed by atoms with van der Waals surface area (Å²) >= 11 is 0. The van der Waals surface area contributed by atoms with E-state index < -0.39 is 0 Å². The predicted octanol–water partition coefficient (Wildman–Crippen LogP) is 3.02. The molecule has 1 aliphatic rings. The molecule has 1 aliphatic carbocycles. The van der Waals surface area contributed by atoms with E-state index in [0.29, 0.717) is 0 Å². The summed E-state index contributed by atoms with van der Waals surface area (Å²) in [7, 11) is 0. The van der Waals surface area contributed by atoms with Gasteiger partial charge in [-0.2, -0.15) is 0 Å². The zero-order valence-corrected chi connectivity index (χ0v) is 10.4. The summed E-state index contributed by atoms with van der Waals surface area (Å²) in [6.07, 6.45) is 7.14. The van der Waals surface area contributed by atoms with Crippen molar-refractivity contribution in [1.29, 1.82) is 0 Å². The Morgan fingerprint density at radius 3 is 2.94 bits per heavy atom. The minimum absolute atomic E-state index is 0.811. The van der Waals surface area contributed by atoms with Gasteiger partial charge >= 0.3 is 0 Å². The van der Waals surface area contributed by atoms with Crippen LogP contribution in [0.25, 0.3) is 10.9 Å². The molecule has 90 valence electrons. The van der Waals surface area contributed by atoms with Gasteiger partial charge in [-0.15, -0.1) is 0 Å². The van der Waals surface area contributed by atoms with E-state index in [4.69, 9.17) is 0 Å². The van der Waals surface area contributed by atoms with Crippen molar-refractivity contribution < 1.29 is 0 Å². The first-order valence-electron chi connectivity index (χ1n) is 6.69. The van der Waals surface area contributed by atoms with Crippen LogP contribution in [0.15, 0.2) is 24.4 Å². The summed E-state index contributed by atoms with van der Waals surface area (Å²) < 4.78 is 0. The summed E-state index contributed by atoms with van der Waals surface area (Å²) in [4.78, 5) is 3.43. The van der Waals surface area contributed by atoms with E-state index in [0.717, 1.165) is 25.4 Å². The largest absolute Gasteiger partial charge is 0.361 e. The molecule has 1 aromatic heterocycles. The molecule has 0 bridgehead atoms. The maximum atomic E-state index is 3.57. The molecule has 0 radical (unpaired) electrons. The van der Waals surface area contributed by atoms with Crippen molar-refractivity contribution in [3.8, 4) is 0 Å². The molecule has 0 saturated heterocycles. The Morgan fingerprint density at radius 2 is 2.18 bits per heavy atom. The number of H-pyrrole nitrogens is 1. The van der Waals surface area contributed by atoms with E-state index in [1.54, 1.807) is 0 Å². The van der Waals surface area contributed by atoms with Crippen molar-refractivity contribution in [1.82, 2.24) is 10.3 Å². The number of para-hydroxylation sites is 1. The molecule has 2 aromatic rings. The third-order valence-corrected chi connectivity index (χ3v) is 3.67. The molecule has 2 N–H and O–H groups in total. The van der Waals surface area contributed by atoms with Gasteiger partial charge in [0.1, 0.15) is 0 Å².